The lowest BCUT2D eigenvalue weighted by Crippen LogP contribution is -2.57. The van der Waals surface area contributed by atoms with Crippen LogP contribution in [-0.4, -0.2) is 81.7 Å². The van der Waals surface area contributed by atoms with Crippen LogP contribution in [0.2, 0.25) is 0 Å². The van der Waals surface area contributed by atoms with Crippen molar-refractivity contribution >= 4 is 23.7 Å². The van der Waals surface area contributed by atoms with Gasteiger partial charge in [-0.15, -0.1) is 0 Å². The quantitative estimate of drug-likeness (QED) is 0.138. The highest BCUT2D eigenvalue weighted by Gasteiger charge is 2.28. The van der Waals surface area contributed by atoms with E-state index in [-0.39, 0.29) is 12.8 Å². The second-order valence-electron chi connectivity index (χ2n) is 6.59. The smallest absolute Gasteiger partial charge is 0.322 e. The van der Waals surface area contributed by atoms with Crippen molar-refractivity contribution in [3.05, 3.63) is 18.2 Å². The van der Waals surface area contributed by atoms with Crippen LogP contribution in [0.3, 0.4) is 0 Å². The molecule has 13 heteroatoms. The third-order valence-electron chi connectivity index (χ3n) is 4.14. The summed E-state index contributed by atoms with van der Waals surface area (Å²) in [6.07, 6.45) is 4.26. The number of carbonyl (C=O) groups is 4. The number of nitrogens with one attached hydrogen (secondary N) is 4. The van der Waals surface area contributed by atoms with Crippen molar-refractivity contribution in [2.45, 2.75) is 43.8 Å². The summed E-state index contributed by atoms with van der Waals surface area (Å²) in [5.74, 6) is -3.31. The molecule has 168 valence electrons. The van der Waals surface area contributed by atoms with E-state index in [0.717, 1.165) is 0 Å². The van der Waals surface area contributed by atoms with Crippen LogP contribution < -0.4 is 27.4 Å². The van der Waals surface area contributed by atoms with Crippen LogP contribution in [0.15, 0.2) is 12.5 Å². The Hall–Kier alpha value is -3.03. The molecule has 0 saturated carbocycles. The van der Waals surface area contributed by atoms with E-state index in [2.05, 4.69) is 25.9 Å². The number of hydrogen-bond acceptors (Lipinski definition) is 8. The number of aliphatic hydroxyl groups is 1. The number of aliphatic hydroxyl groups excluding tert-OH is 1. The second-order valence-corrected chi connectivity index (χ2v) is 6.59. The molecule has 1 heterocycles. The van der Waals surface area contributed by atoms with Crippen LogP contribution in [0.4, 0.5) is 0 Å². The third kappa shape index (κ3) is 8.98. The Morgan fingerprint density at radius 2 is 1.80 bits per heavy atom. The molecule has 1 aromatic rings. The van der Waals surface area contributed by atoms with Gasteiger partial charge in [-0.1, -0.05) is 0 Å². The molecule has 0 saturated heterocycles. The first kappa shape index (κ1) is 25.0. The zero-order valence-corrected chi connectivity index (χ0v) is 16.5. The predicted molar refractivity (Wildman–Crippen MR) is 105 cm³/mol. The maximum absolute atomic E-state index is 12.8. The highest BCUT2D eigenvalue weighted by Crippen LogP contribution is 2.05. The average Bonchev–Trinajstić information content (AvgIpc) is 3.23. The second kappa shape index (κ2) is 13.2. The molecule has 0 aliphatic carbocycles. The van der Waals surface area contributed by atoms with Crippen LogP contribution in [0.1, 0.15) is 25.0 Å². The molecule has 13 nitrogen and oxygen atoms in total. The number of aromatic amines is 1. The molecule has 0 aliphatic heterocycles. The monoisotopic (exact) mass is 427 g/mol. The van der Waals surface area contributed by atoms with Crippen LogP contribution in [0, 0.1) is 0 Å². The first-order valence-corrected chi connectivity index (χ1v) is 9.42. The van der Waals surface area contributed by atoms with Crippen LogP contribution in [0.25, 0.3) is 0 Å². The number of amides is 3. The maximum atomic E-state index is 12.8. The van der Waals surface area contributed by atoms with Gasteiger partial charge in [0.25, 0.3) is 0 Å². The Bertz CT molecular complexity index is 697. The van der Waals surface area contributed by atoms with E-state index in [0.29, 0.717) is 25.1 Å². The number of imidazole rings is 1. The number of rotatable bonds is 14. The molecule has 0 bridgehead atoms. The molecule has 3 amide bonds. The van der Waals surface area contributed by atoms with E-state index in [1.807, 2.05) is 0 Å². The normalized spacial score (nSPS) is 13.7. The Labute approximate surface area is 173 Å². The lowest BCUT2D eigenvalue weighted by atomic mass is 10.1. The van der Waals surface area contributed by atoms with Crippen molar-refractivity contribution in [1.29, 1.82) is 0 Å². The minimum atomic E-state index is -1.24. The number of nitrogens with two attached hydrogens (primary N) is 2. The molecule has 30 heavy (non-hydrogen) atoms. The van der Waals surface area contributed by atoms with Gasteiger partial charge in [0.2, 0.25) is 17.7 Å². The summed E-state index contributed by atoms with van der Waals surface area (Å²) in [6, 6.07) is -3.33. The fourth-order valence-corrected chi connectivity index (χ4v) is 2.51. The highest BCUT2D eigenvalue weighted by molar-refractivity contribution is 5.93. The molecule has 3 atom stereocenters. The number of carboxylic acid groups (broad SMARTS) is 1. The van der Waals surface area contributed by atoms with Crippen molar-refractivity contribution in [1.82, 2.24) is 25.9 Å². The van der Waals surface area contributed by atoms with Crippen molar-refractivity contribution in [3.63, 3.8) is 0 Å². The summed E-state index contributed by atoms with van der Waals surface area (Å²) < 4.78 is 0. The zero-order valence-electron chi connectivity index (χ0n) is 16.5. The minimum Gasteiger partial charge on any atom is -0.480 e. The molecule has 3 unspecified atom stereocenters. The number of carboxylic acids is 1. The predicted octanol–water partition coefficient (Wildman–Crippen LogP) is -3.43. The fraction of sp³-hybridized carbons (Fsp3) is 0.588. The van der Waals surface area contributed by atoms with E-state index in [4.69, 9.17) is 21.7 Å². The third-order valence-corrected chi connectivity index (χ3v) is 4.14. The summed E-state index contributed by atoms with van der Waals surface area (Å²) in [5, 5.41) is 25.0. The van der Waals surface area contributed by atoms with E-state index in [1.165, 1.54) is 12.5 Å². The van der Waals surface area contributed by atoms with Crippen molar-refractivity contribution in [2.24, 2.45) is 11.5 Å². The molecule has 0 aliphatic rings. The molecule has 1 rings (SSSR count). The Balaban J connectivity index is 2.90. The molecule has 10 N–H and O–H groups in total. The van der Waals surface area contributed by atoms with Gasteiger partial charge in [-0.25, -0.2) is 4.98 Å². The van der Waals surface area contributed by atoms with Crippen LogP contribution in [-0.2, 0) is 25.6 Å². The average molecular weight is 427 g/mol. The highest BCUT2D eigenvalue weighted by atomic mass is 16.4. The topological polar surface area (TPSA) is 226 Å². The minimum absolute atomic E-state index is 0.0246. The number of nitrogens with zero attached hydrogens (tertiary/aromatic N) is 1. The fourth-order valence-electron chi connectivity index (χ4n) is 2.51. The number of unbranched alkanes of at least 4 members (excludes halogenated alkanes) is 1. The lowest BCUT2D eigenvalue weighted by molar-refractivity contribution is -0.138. The van der Waals surface area contributed by atoms with Gasteiger partial charge < -0.3 is 42.6 Å². The summed E-state index contributed by atoms with van der Waals surface area (Å²) in [7, 11) is 0. The molecule has 0 fully saturated rings. The molecular formula is C17H29N7O6. The van der Waals surface area contributed by atoms with Gasteiger partial charge >= 0.3 is 5.97 Å². The summed E-state index contributed by atoms with van der Waals surface area (Å²) in [6.45, 7) is -0.808. The van der Waals surface area contributed by atoms with Crippen molar-refractivity contribution in [2.75, 3.05) is 19.7 Å². The number of hydrogen-bond donors (Lipinski definition) is 8. The van der Waals surface area contributed by atoms with Gasteiger partial charge in [0.1, 0.15) is 24.7 Å². The number of aromatic nitrogens is 2. The Kier molecular flexibility index (Phi) is 11.0. The summed E-state index contributed by atoms with van der Waals surface area (Å²) >= 11 is 0. The van der Waals surface area contributed by atoms with Gasteiger partial charge in [0.05, 0.1) is 12.9 Å². The lowest BCUT2D eigenvalue weighted by Gasteiger charge is -2.23. The number of aliphatic carboxylic acids is 1. The van der Waals surface area contributed by atoms with E-state index >= 15 is 0 Å². The first-order valence-electron chi connectivity index (χ1n) is 9.42. The van der Waals surface area contributed by atoms with E-state index < -0.39 is 55.0 Å². The molecular weight excluding hydrogens is 398 g/mol. The van der Waals surface area contributed by atoms with Gasteiger partial charge in [0, 0.05) is 18.3 Å². The van der Waals surface area contributed by atoms with Gasteiger partial charge in [-0.2, -0.15) is 0 Å². The maximum Gasteiger partial charge on any atom is 0.322 e. The van der Waals surface area contributed by atoms with Crippen molar-refractivity contribution < 1.29 is 29.4 Å². The molecule has 0 radical (unpaired) electrons. The molecule has 0 spiro atoms. The van der Waals surface area contributed by atoms with Gasteiger partial charge in [0.15, 0.2) is 0 Å². The SMILES string of the molecule is NCCCCC(NC(=O)C(N)CO)C(=O)NC(Cc1cnc[nH]1)C(=O)NCC(=O)O. The number of carbonyl (C=O) groups excluding carboxylic acids is 3. The standard InChI is InChI=1S/C17H29N7O6/c18-4-2-1-3-12(23-15(28)11(19)8-25)17(30)24-13(5-10-6-20-9-22-10)16(29)21-7-14(26)27/h6,9,11-13,25H,1-5,7-8,18-19H2,(H,20,22)(H,21,29)(H,23,28)(H,24,30)(H,26,27). The molecule has 0 aromatic carbocycles. The molecule has 1 aromatic heterocycles. The Morgan fingerprint density at radius 1 is 1.10 bits per heavy atom. The largest absolute Gasteiger partial charge is 0.480 e. The van der Waals surface area contributed by atoms with Gasteiger partial charge in [-0.3, -0.25) is 19.2 Å². The first-order chi connectivity index (χ1) is 14.3. The number of H-pyrrole nitrogens is 1. The summed E-state index contributed by atoms with van der Waals surface area (Å²) in [5.41, 5.74) is 11.5. The van der Waals surface area contributed by atoms with E-state index in [9.17, 15) is 19.2 Å². The summed E-state index contributed by atoms with van der Waals surface area (Å²) in [4.78, 5) is 54.6. The van der Waals surface area contributed by atoms with Gasteiger partial charge in [-0.05, 0) is 25.8 Å². The van der Waals surface area contributed by atoms with Crippen LogP contribution >= 0.6 is 0 Å². The van der Waals surface area contributed by atoms with Crippen LogP contribution in [0.5, 0.6) is 0 Å². The Morgan fingerprint density at radius 3 is 2.37 bits per heavy atom. The van der Waals surface area contributed by atoms with E-state index in [1.54, 1.807) is 0 Å². The van der Waals surface area contributed by atoms with Crippen molar-refractivity contribution in [3.8, 4) is 0 Å². The zero-order chi connectivity index (χ0) is 22.5.